The van der Waals surface area contributed by atoms with Gasteiger partial charge in [0.25, 0.3) is 0 Å². The number of imidazole rings is 1. The molecule has 0 saturated heterocycles. The van der Waals surface area contributed by atoms with E-state index < -0.39 is 6.55 Å². The number of para-hydroxylation sites is 2. The number of fused-ring (bicyclic) bond motifs is 1. The maximum atomic E-state index is 13.6. The molecular formula is C18H16F2N6O2S. The van der Waals surface area contributed by atoms with Crippen LogP contribution >= 0.6 is 11.8 Å². The van der Waals surface area contributed by atoms with Crippen LogP contribution in [-0.2, 0) is 5.75 Å². The minimum atomic E-state index is -2.70. The van der Waals surface area contributed by atoms with E-state index in [-0.39, 0.29) is 11.6 Å². The molecule has 0 aliphatic carbocycles. The van der Waals surface area contributed by atoms with Crippen LogP contribution in [0, 0.1) is 0 Å². The first-order valence-corrected chi connectivity index (χ1v) is 9.48. The third kappa shape index (κ3) is 3.60. The van der Waals surface area contributed by atoms with Crippen molar-refractivity contribution in [2.45, 2.75) is 17.5 Å². The highest BCUT2D eigenvalue weighted by molar-refractivity contribution is 7.98. The Labute approximate surface area is 168 Å². The third-order valence-electron chi connectivity index (χ3n) is 4.25. The highest BCUT2D eigenvalue weighted by Gasteiger charge is 2.20. The van der Waals surface area contributed by atoms with E-state index in [9.17, 15) is 8.78 Å². The molecule has 8 nitrogen and oxygen atoms in total. The van der Waals surface area contributed by atoms with Gasteiger partial charge in [-0.25, -0.2) is 4.98 Å². The summed E-state index contributed by atoms with van der Waals surface area (Å²) in [5, 5.41) is 12.1. The Morgan fingerprint density at radius 3 is 2.69 bits per heavy atom. The van der Waals surface area contributed by atoms with Gasteiger partial charge in [0.05, 0.1) is 31.0 Å². The van der Waals surface area contributed by atoms with Crippen LogP contribution in [-0.4, -0.2) is 44.0 Å². The average Bonchev–Trinajstić information content (AvgIpc) is 3.35. The van der Waals surface area contributed by atoms with Gasteiger partial charge in [-0.05, 0) is 34.7 Å². The fraction of sp³-hybridized carbons (Fsp3) is 0.222. The molecule has 0 aliphatic heterocycles. The van der Waals surface area contributed by atoms with Crippen molar-refractivity contribution in [1.29, 1.82) is 0 Å². The molecule has 0 amide bonds. The second-order valence-electron chi connectivity index (χ2n) is 5.86. The summed E-state index contributed by atoms with van der Waals surface area (Å²) in [5.74, 6) is 1.54. The van der Waals surface area contributed by atoms with Crippen molar-refractivity contribution >= 4 is 22.8 Å². The molecule has 150 valence electrons. The normalized spacial score (nSPS) is 11.3. The van der Waals surface area contributed by atoms with Crippen molar-refractivity contribution in [3.63, 3.8) is 0 Å². The molecule has 4 rings (SSSR count). The van der Waals surface area contributed by atoms with Gasteiger partial charge in [0.1, 0.15) is 23.0 Å². The van der Waals surface area contributed by atoms with Crippen molar-refractivity contribution < 1.29 is 18.3 Å². The molecular weight excluding hydrogens is 402 g/mol. The molecule has 0 saturated carbocycles. The lowest BCUT2D eigenvalue weighted by atomic mass is 10.3. The van der Waals surface area contributed by atoms with Gasteiger partial charge < -0.3 is 9.47 Å². The Kier molecular flexibility index (Phi) is 5.30. The van der Waals surface area contributed by atoms with Crippen LogP contribution in [0.2, 0.25) is 0 Å². The van der Waals surface area contributed by atoms with Crippen molar-refractivity contribution in [3.05, 3.63) is 48.3 Å². The number of alkyl halides is 2. The molecule has 11 heteroatoms. The lowest BCUT2D eigenvalue weighted by Crippen LogP contribution is -2.05. The predicted molar refractivity (Wildman–Crippen MR) is 103 cm³/mol. The van der Waals surface area contributed by atoms with Gasteiger partial charge in [0.15, 0.2) is 0 Å². The number of halogens is 2. The smallest absolute Gasteiger partial charge is 0.320 e. The van der Waals surface area contributed by atoms with Crippen LogP contribution < -0.4 is 9.47 Å². The summed E-state index contributed by atoms with van der Waals surface area (Å²) in [6.07, 6.45) is 0. The molecule has 0 aliphatic rings. The number of nitrogens with zero attached hydrogens (tertiary/aromatic N) is 6. The Bertz CT molecular complexity index is 1150. The minimum Gasteiger partial charge on any atom is -0.497 e. The first-order chi connectivity index (χ1) is 14.1. The summed E-state index contributed by atoms with van der Waals surface area (Å²) in [6, 6.07) is 12.0. The lowest BCUT2D eigenvalue weighted by molar-refractivity contribution is 0.0722. The Hall–Kier alpha value is -3.21. The van der Waals surface area contributed by atoms with Gasteiger partial charge in [0.2, 0.25) is 5.16 Å². The molecule has 0 radical (unpaired) electrons. The SMILES string of the molecule is COc1ccc(OC)c(-n2nnnc2SCc2nc3ccccc3n2C(F)F)c1. The number of aromatic nitrogens is 6. The minimum absolute atomic E-state index is 0.158. The second-order valence-corrected chi connectivity index (χ2v) is 6.81. The molecule has 29 heavy (non-hydrogen) atoms. The van der Waals surface area contributed by atoms with Crippen LogP contribution in [0.3, 0.4) is 0 Å². The number of tetrazole rings is 1. The largest absolute Gasteiger partial charge is 0.497 e. The molecule has 0 unspecified atom stereocenters. The van der Waals surface area contributed by atoms with Gasteiger partial charge in [0, 0.05) is 6.07 Å². The van der Waals surface area contributed by atoms with Gasteiger partial charge >= 0.3 is 6.55 Å². The van der Waals surface area contributed by atoms with Crippen LogP contribution in [0.4, 0.5) is 8.78 Å². The summed E-state index contributed by atoms with van der Waals surface area (Å²) in [5.41, 5.74) is 1.46. The number of rotatable bonds is 7. The van der Waals surface area contributed by atoms with Crippen LogP contribution in [0.5, 0.6) is 11.5 Å². The first kappa shape index (κ1) is 19.1. The zero-order valence-electron chi connectivity index (χ0n) is 15.5. The Morgan fingerprint density at radius 1 is 1.10 bits per heavy atom. The molecule has 0 fully saturated rings. The van der Waals surface area contributed by atoms with Crippen molar-refractivity contribution in [1.82, 2.24) is 29.8 Å². The molecule has 2 aromatic carbocycles. The number of ether oxygens (including phenoxy) is 2. The molecule has 0 spiro atoms. The third-order valence-corrected chi connectivity index (χ3v) is 5.16. The standard InChI is InChI=1S/C18H16F2N6O2S/c1-27-11-7-8-15(28-2)14(9-11)26-18(22-23-24-26)29-10-16-21-12-5-3-4-6-13(12)25(16)17(19)20/h3-9,17H,10H2,1-2H3. The summed E-state index contributed by atoms with van der Waals surface area (Å²) < 4.78 is 40.3. The monoisotopic (exact) mass is 418 g/mol. The van der Waals surface area contributed by atoms with E-state index in [2.05, 4.69) is 20.5 Å². The van der Waals surface area contributed by atoms with E-state index in [0.717, 1.165) is 4.57 Å². The summed E-state index contributed by atoms with van der Waals surface area (Å²) in [7, 11) is 3.09. The number of benzene rings is 2. The van der Waals surface area contributed by atoms with E-state index in [0.29, 0.717) is 33.4 Å². The number of methoxy groups -OCH3 is 2. The van der Waals surface area contributed by atoms with Crippen molar-refractivity contribution in [3.8, 4) is 17.2 Å². The predicted octanol–water partition coefficient (Wildman–Crippen LogP) is 3.72. The summed E-state index contributed by atoms with van der Waals surface area (Å²) >= 11 is 1.19. The summed E-state index contributed by atoms with van der Waals surface area (Å²) in [6.45, 7) is -2.70. The highest BCUT2D eigenvalue weighted by Crippen LogP contribution is 2.32. The maximum absolute atomic E-state index is 13.6. The summed E-state index contributed by atoms with van der Waals surface area (Å²) in [4.78, 5) is 4.34. The van der Waals surface area contributed by atoms with E-state index in [1.807, 2.05) is 0 Å². The van der Waals surface area contributed by atoms with E-state index in [4.69, 9.17) is 9.47 Å². The van der Waals surface area contributed by atoms with E-state index in [1.54, 1.807) is 49.6 Å². The zero-order valence-corrected chi connectivity index (χ0v) is 16.3. The zero-order chi connectivity index (χ0) is 20.4. The molecule has 0 N–H and O–H groups in total. The van der Waals surface area contributed by atoms with Gasteiger partial charge in [-0.3, -0.25) is 4.57 Å². The lowest BCUT2D eigenvalue weighted by Gasteiger charge is -2.11. The number of thioether (sulfide) groups is 1. The van der Waals surface area contributed by atoms with E-state index >= 15 is 0 Å². The first-order valence-electron chi connectivity index (χ1n) is 8.50. The van der Waals surface area contributed by atoms with Crippen LogP contribution in [0.1, 0.15) is 12.4 Å². The second kappa shape index (κ2) is 8.03. The maximum Gasteiger partial charge on any atom is 0.320 e. The van der Waals surface area contributed by atoms with Crippen LogP contribution in [0.15, 0.2) is 47.6 Å². The van der Waals surface area contributed by atoms with Gasteiger partial charge in [-0.2, -0.15) is 13.5 Å². The molecule has 0 bridgehead atoms. The number of hydrogen-bond donors (Lipinski definition) is 0. The quantitative estimate of drug-likeness (QED) is 0.423. The van der Waals surface area contributed by atoms with Gasteiger partial charge in [-0.15, -0.1) is 5.10 Å². The van der Waals surface area contributed by atoms with Crippen molar-refractivity contribution in [2.24, 2.45) is 0 Å². The molecule has 2 heterocycles. The Balaban J connectivity index is 1.67. The topological polar surface area (TPSA) is 79.9 Å². The average molecular weight is 418 g/mol. The number of hydrogen-bond acceptors (Lipinski definition) is 7. The molecule has 2 aromatic heterocycles. The van der Waals surface area contributed by atoms with Gasteiger partial charge in [-0.1, -0.05) is 23.9 Å². The van der Waals surface area contributed by atoms with Crippen molar-refractivity contribution in [2.75, 3.05) is 14.2 Å². The molecule has 0 atom stereocenters. The Morgan fingerprint density at radius 2 is 1.93 bits per heavy atom. The fourth-order valence-corrected chi connectivity index (χ4v) is 3.74. The van der Waals surface area contributed by atoms with E-state index in [1.165, 1.54) is 23.6 Å². The van der Waals surface area contributed by atoms with Crippen LogP contribution in [0.25, 0.3) is 16.7 Å². The molecule has 4 aromatic rings. The fourth-order valence-electron chi connectivity index (χ4n) is 2.93. The highest BCUT2D eigenvalue weighted by atomic mass is 32.2.